The summed E-state index contributed by atoms with van der Waals surface area (Å²) in [5, 5.41) is 8.79. The summed E-state index contributed by atoms with van der Waals surface area (Å²) in [5.74, 6) is 1.66. The standard InChI is InChI=1S/C13H25N3/c1-11-8-16(9-12(11)2)7-5-4-6-13(3,15)10-14/h11-12H,4-9,15H2,1-3H3. The molecule has 1 aliphatic heterocycles. The molecule has 3 heteroatoms. The average Bonchev–Trinajstić information content (AvgIpc) is 2.54. The molecule has 3 nitrogen and oxygen atoms in total. The molecule has 16 heavy (non-hydrogen) atoms. The van der Waals surface area contributed by atoms with E-state index in [1.54, 1.807) is 0 Å². The van der Waals surface area contributed by atoms with Gasteiger partial charge < -0.3 is 10.6 Å². The van der Waals surface area contributed by atoms with Crippen LogP contribution in [0.4, 0.5) is 0 Å². The van der Waals surface area contributed by atoms with Crippen molar-refractivity contribution in [2.24, 2.45) is 17.6 Å². The van der Waals surface area contributed by atoms with Gasteiger partial charge >= 0.3 is 0 Å². The highest BCUT2D eigenvalue weighted by Gasteiger charge is 2.25. The van der Waals surface area contributed by atoms with E-state index in [0.29, 0.717) is 0 Å². The van der Waals surface area contributed by atoms with E-state index >= 15 is 0 Å². The van der Waals surface area contributed by atoms with Gasteiger partial charge in [0.25, 0.3) is 0 Å². The van der Waals surface area contributed by atoms with E-state index in [0.717, 1.165) is 37.6 Å². The van der Waals surface area contributed by atoms with Crippen molar-refractivity contribution in [2.45, 2.75) is 45.6 Å². The highest BCUT2D eigenvalue weighted by molar-refractivity contribution is 5.00. The summed E-state index contributed by atoms with van der Waals surface area (Å²) < 4.78 is 0. The average molecular weight is 223 g/mol. The van der Waals surface area contributed by atoms with Crippen molar-refractivity contribution in [2.75, 3.05) is 19.6 Å². The molecule has 0 aromatic heterocycles. The maximum atomic E-state index is 8.79. The molecular weight excluding hydrogens is 198 g/mol. The van der Waals surface area contributed by atoms with Gasteiger partial charge in [-0.05, 0) is 44.6 Å². The summed E-state index contributed by atoms with van der Waals surface area (Å²) in [6, 6.07) is 2.15. The van der Waals surface area contributed by atoms with Gasteiger partial charge in [-0.2, -0.15) is 5.26 Å². The van der Waals surface area contributed by atoms with Crippen molar-refractivity contribution in [3.63, 3.8) is 0 Å². The number of nitrogens with two attached hydrogens (primary N) is 1. The molecule has 1 heterocycles. The summed E-state index contributed by atoms with van der Waals surface area (Å²) in [6.07, 6.45) is 3.02. The van der Waals surface area contributed by atoms with E-state index in [9.17, 15) is 0 Å². The number of unbranched alkanes of at least 4 members (excludes halogenated alkanes) is 1. The molecule has 92 valence electrons. The number of nitriles is 1. The first-order valence-corrected chi connectivity index (χ1v) is 6.37. The van der Waals surface area contributed by atoms with Crippen LogP contribution in [0.1, 0.15) is 40.0 Å². The Bertz CT molecular complexity index is 244. The number of likely N-dealkylation sites (tertiary alicyclic amines) is 1. The van der Waals surface area contributed by atoms with Gasteiger partial charge in [-0.3, -0.25) is 0 Å². The predicted octanol–water partition coefficient (Wildman–Crippen LogP) is 1.99. The molecule has 0 bridgehead atoms. The molecule has 2 N–H and O–H groups in total. The lowest BCUT2D eigenvalue weighted by atomic mass is 9.98. The molecular formula is C13H25N3. The van der Waals surface area contributed by atoms with Crippen LogP contribution < -0.4 is 5.73 Å². The molecule has 0 spiro atoms. The third-order valence-corrected chi connectivity index (χ3v) is 3.74. The summed E-state index contributed by atoms with van der Waals surface area (Å²) in [5.41, 5.74) is 5.15. The van der Waals surface area contributed by atoms with Crippen LogP contribution in [-0.4, -0.2) is 30.1 Å². The Morgan fingerprint density at radius 1 is 1.31 bits per heavy atom. The fourth-order valence-electron chi connectivity index (χ4n) is 2.32. The second kappa shape index (κ2) is 5.65. The fraction of sp³-hybridized carbons (Fsp3) is 0.923. The third kappa shape index (κ3) is 4.11. The monoisotopic (exact) mass is 223 g/mol. The first-order valence-electron chi connectivity index (χ1n) is 6.37. The van der Waals surface area contributed by atoms with Crippen molar-refractivity contribution in [1.29, 1.82) is 5.26 Å². The minimum atomic E-state index is -0.633. The fourth-order valence-corrected chi connectivity index (χ4v) is 2.32. The lowest BCUT2D eigenvalue weighted by molar-refractivity contribution is 0.310. The van der Waals surface area contributed by atoms with Crippen LogP contribution in [0.2, 0.25) is 0 Å². The number of hydrogen-bond acceptors (Lipinski definition) is 3. The van der Waals surface area contributed by atoms with Crippen LogP contribution >= 0.6 is 0 Å². The minimum absolute atomic E-state index is 0.633. The summed E-state index contributed by atoms with van der Waals surface area (Å²) in [7, 11) is 0. The number of rotatable bonds is 5. The van der Waals surface area contributed by atoms with E-state index in [2.05, 4.69) is 24.8 Å². The maximum absolute atomic E-state index is 8.79. The van der Waals surface area contributed by atoms with E-state index in [1.807, 2.05) is 6.92 Å². The molecule has 1 rings (SSSR count). The van der Waals surface area contributed by atoms with Gasteiger partial charge in [0.05, 0.1) is 6.07 Å². The highest BCUT2D eigenvalue weighted by Crippen LogP contribution is 2.22. The minimum Gasteiger partial charge on any atom is -0.314 e. The van der Waals surface area contributed by atoms with Gasteiger partial charge in [0.1, 0.15) is 5.54 Å². The quantitative estimate of drug-likeness (QED) is 0.725. The highest BCUT2D eigenvalue weighted by atomic mass is 15.1. The Hall–Kier alpha value is -0.590. The van der Waals surface area contributed by atoms with E-state index < -0.39 is 5.54 Å². The zero-order chi connectivity index (χ0) is 12.2. The largest absolute Gasteiger partial charge is 0.314 e. The summed E-state index contributed by atoms with van der Waals surface area (Å²) in [4.78, 5) is 2.54. The molecule has 3 unspecified atom stereocenters. The Labute approximate surface area is 99.6 Å². The van der Waals surface area contributed by atoms with E-state index in [1.165, 1.54) is 13.1 Å². The molecule has 0 aliphatic carbocycles. The van der Waals surface area contributed by atoms with E-state index in [-0.39, 0.29) is 0 Å². The van der Waals surface area contributed by atoms with Crippen LogP contribution in [0.3, 0.4) is 0 Å². The molecule has 1 fully saturated rings. The van der Waals surface area contributed by atoms with Crippen LogP contribution in [0.15, 0.2) is 0 Å². The molecule has 0 amide bonds. The van der Waals surface area contributed by atoms with Gasteiger partial charge in [0.15, 0.2) is 0 Å². The normalized spacial score (nSPS) is 29.9. The van der Waals surface area contributed by atoms with Crippen LogP contribution in [0, 0.1) is 23.2 Å². The Kier molecular flexibility index (Phi) is 4.76. The maximum Gasteiger partial charge on any atom is 0.101 e. The molecule has 0 radical (unpaired) electrons. The van der Waals surface area contributed by atoms with Crippen molar-refractivity contribution in [3.8, 4) is 6.07 Å². The van der Waals surface area contributed by atoms with Gasteiger partial charge in [-0.1, -0.05) is 13.8 Å². The molecule has 1 saturated heterocycles. The van der Waals surface area contributed by atoms with Gasteiger partial charge in [-0.25, -0.2) is 0 Å². The van der Waals surface area contributed by atoms with Crippen molar-refractivity contribution >= 4 is 0 Å². The number of hydrogen-bond donors (Lipinski definition) is 1. The zero-order valence-electron chi connectivity index (χ0n) is 10.9. The van der Waals surface area contributed by atoms with Crippen LogP contribution in [0.5, 0.6) is 0 Å². The zero-order valence-corrected chi connectivity index (χ0v) is 10.9. The summed E-state index contributed by atoms with van der Waals surface area (Å²) in [6.45, 7) is 10.1. The lowest BCUT2D eigenvalue weighted by Crippen LogP contribution is -2.34. The molecule has 0 aromatic rings. The van der Waals surface area contributed by atoms with Crippen LogP contribution in [0.25, 0.3) is 0 Å². The Balaban J connectivity index is 2.11. The van der Waals surface area contributed by atoms with Gasteiger partial charge in [0, 0.05) is 13.1 Å². The Morgan fingerprint density at radius 3 is 2.38 bits per heavy atom. The second-order valence-electron chi connectivity index (χ2n) is 5.70. The van der Waals surface area contributed by atoms with E-state index in [4.69, 9.17) is 11.0 Å². The van der Waals surface area contributed by atoms with Crippen molar-refractivity contribution < 1.29 is 0 Å². The third-order valence-electron chi connectivity index (χ3n) is 3.74. The molecule has 0 saturated carbocycles. The summed E-state index contributed by atoms with van der Waals surface area (Å²) >= 11 is 0. The Morgan fingerprint density at radius 2 is 1.88 bits per heavy atom. The molecule has 1 aliphatic rings. The first-order chi connectivity index (χ1) is 7.44. The number of nitrogens with zero attached hydrogens (tertiary/aromatic N) is 2. The first kappa shape index (κ1) is 13.5. The van der Waals surface area contributed by atoms with Crippen molar-refractivity contribution in [1.82, 2.24) is 4.90 Å². The predicted molar refractivity (Wildman–Crippen MR) is 66.8 cm³/mol. The van der Waals surface area contributed by atoms with Gasteiger partial charge in [-0.15, -0.1) is 0 Å². The smallest absolute Gasteiger partial charge is 0.101 e. The molecule has 3 atom stereocenters. The van der Waals surface area contributed by atoms with Crippen LogP contribution in [-0.2, 0) is 0 Å². The molecule has 0 aromatic carbocycles. The van der Waals surface area contributed by atoms with Crippen molar-refractivity contribution in [3.05, 3.63) is 0 Å². The topological polar surface area (TPSA) is 53.0 Å². The lowest BCUT2D eigenvalue weighted by Gasteiger charge is -2.18. The SMILES string of the molecule is CC1CN(CCCCC(C)(N)C#N)CC1C. The van der Waals surface area contributed by atoms with Gasteiger partial charge in [0.2, 0.25) is 0 Å². The second-order valence-corrected chi connectivity index (χ2v) is 5.70.